The molecule has 0 atom stereocenters. The summed E-state index contributed by atoms with van der Waals surface area (Å²) in [5.41, 5.74) is 1.20. The van der Waals surface area contributed by atoms with Crippen LogP contribution < -0.4 is 5.32 Å². The number of hydrogen-bond donors (Lipinski definition) is 2. The highest BCUT2D eigenvalue weighted by Gasteiger charge is 2.09. The van der Waals surface area contributed by atoms with Crippen molar-refractivity contribution in [3.8, 4) is 5.75 Å². The van der Waals surface area contributed by atoms with Gasteiger partial charge in [-0.25, -0.2) is 4.98 Å². The summed E-state index contributed by atoms with van der Waals surface area (Å²) in [6, 6.07) is 1.48. The summed E-state index contributed by atoms with van der Waals surface area (Å²) in [4.78, 5) is 19.8. The van der Waals surface area contributed by atoms with Gasteiger partial charge in [-0.05, 0) is 13.0 Å². The molecule has 6 heteroatoms. The van der Waals surface area contributed by atoms with Crippen LogP contribution >= 0.6 is 11.3 Å². The van der Waals surface area contributed by atoms with Crippen LogP contribution in [0, 0.1) is 6.92 Å². The molecule has 0 aliphatic carbocycles. The molecular weight excluding hydrogens is 250 g/mol. The van der Waals surface area contributed by atoms with Crippen LogP contribution in [0.1, 0.15) is 21.1 Å². The van der Waals surface area contributed by atoms with E-state index in [0.29, 0.717) is 13.0 Å². The molecule has 0 aromatic carbocycles. The Labute approximate surface area is 109 Å². The van der Waals surface area contributed by atoms with E-state index in [1.807, 2.05) is 12.3 Å². The van der Waals surface area contributed by atoms with Crippen molar-refractivity contribution in [1.82, 2.24) is 15.3 Å². The first-order valence-corrected chi connectivity index (χ1v) is 6.37. The number of hydrogen-bond acceptors (Lipinski definition) is 5. The van der Waals surface area contributed by atoms with Gasteiger partial charge >= 0.3 is 0 Å². The van der Waals surface area contributed by atoms with Crippen molar-refractivity contribution in [1.29, 1.82) is 0 Å². The van der Waals surface area contributed by atoms with Crippen molar-refractivity contribution in [3.63, 3.8) is 0 Å². The highest BCUT2D eigenvalue weighted by molar-refractivity contribution is 7.09. The first kappa shape index (κ1) is 12.5. The van der Waals surface area contributed by atoms with Crippen LogP contribution in [0.25, 0.3) is 0 Å². The fraction of sp³-hybridized carbons (Fsp3) is 0.250. The molecule has 0 saturated heterocycles. The van der Waals surface area contributed by atoms with Gasteiger partial charge in [0, 0.05) is 24.5 Å². The molecule has 0 unspecified atom stereocenters. The van der Waals surface area contributed by atoms with E-state index in [1.165, 1.54) is 18.5 Å². The Morgan fingerprint density at radius 2 is 2.39 bits per heavy atom. The van der Waals surface area contributed by atoms with Crippen molar-refractivity contribution >= 4 is 17.2 Å². The second-order valence-electron chi connectivity index (χ2n) is 3.76. The number of nitrogens with one attached hydrogen (secondary N) is 1. The third kappa shape index (κ3) is 3.04. The SMILES string of the molecule is Cc1nc(CCNC(=O)c2ccncc2O)cs1. The van der Waals surface area contributed by atoms with Crippen LogP contribution in [0.15, 0.2) is 23.8 Å². The molecule has 0 fully saturated rings. The first-order valence-electron chi connectivity index (χ1n) is 5.49. The third-order valence-corrected chi connectivity index (χ3v) is 3.20. The summed E-state index contributed by atoms with van der Waals surface area (Å²) in [6.07, 6.45) is 3.40. The van der Waals surface area contributed by atoms with Crippen LogP contribution in [0.5, 0.6) is 5.75 Å². The van der Waals surface area contributed by atoms with E-state index in [1.54, 1.807) is 11.3 Å². The number of rotatable bonds is 4. The molecule has 2 heterocycles. The zero-order chi connectivity index (χ0) is 13.0. The maximum absolute atomic E-state index is 11.7. The number of carbonyl (C=O) groups is 1. The topological polar surface area (TPSA) is 75.1 Å². The lowest BCUT2D eigenvalue weighted by Gasteiger charge is -2.05. The highest BCUT2D eigenvalue weighted by atomic mass is 32.1. The summed E-state index contributed by atoms with van der Waals surface area (Å²) in [7, 11) is 0. The third-order valence-electron chi connectivity index (χ3n) is 2.38. The Morgan fingerprint density at radius 1 is 1.56 bits per heavy atom. The van der Waals surface area contributed by atoms with Gasteiger partial charge in [0.05, 0.1) is 22.5 Å². The molecule has 18 heavy (non-hydrogen) atoms. The average molecular weight is 263 g/mol. The second-order valence-corrected chi connectivity index (χ2v) is 4.82. The standard InChI is InChI=1S/C12H13N3O2S/c1-8-15-9(7-18-8)2-5-14-12(17)10-3-4-13-6-11(10)16/h3-4,6-7,16H,2,5H2,1H3,(H,14,17). The van der Waals surface area contributed by atoms with Crippen LogP contribution in [0.3, 0.4) is 0 Å². The number of aromatic nitrogens is 2. The van der Waals surface area contributed by atoms with E-state index in [9.17, 15) is 9.90 Å². The summed E-state index contributed by atoms with van der Waals surface area (Å²) in [6.45, 7) is 2.44. The zero-order valence-electron chi connectivity index (χ0n) is 9.88. The van der Waals surface area contributed by atoms with Gasteiger partial charge in [0.2, 0.25) is 0 Å². The number of aryl methyl sites for hydroxylation is 1. The summed E-state index contributed by atoms with van der Waals surface area (Å²) < 4.78 is 0. The molecule has 94 valence electrons. The fourth-order valence-corrected chi connectivity index (χ4v) is 2.15. The van der Waals surface area contributed by atoms with E-state index >= 15 is 0 Å². The maximum atomic E-state index is 11.7. The lowest BCUT2D eigenvalue weighted by Crippen LogP contribution is -2.25. The molecule has 0 aliphatic rings. The Morgan fingerprint density at radius 3 is 3.06 bits per heavy atom. The Kier molecular flexibility index (Phi) is 3.88. The fourth-order valence-electron chi connectivity index (χ4n) is 1.50. The van der Waals surface area contributed by atoms with Crippen LogP contribution in [0.2, 0.25) is 0 Å². The summed E-state index contributed by atoms with van der Waals surface area (Å²) in [5, 5.41) is 15.2. The molecule has 0 radical (unpaired) electrons. The van der Waals surface area contributed by atoms with E-state index < -0.39 is 0 Å². The van der Waals surface area contributed by atoms with Gasteiger partial charge in [0.1, 0.15) is 5.75 Å². The predicted molar refractivity (Wildman–Crippen MR) is 68.8 cm³/mol. The molecule has 2 rings (SSSR count). The Balaban J connectivity index is 1.87. The molecule has 0 aliphatic heterocycles. The number of carbonyl (C=O) groups excluding carboxylic acids is 1. The molecule has 2 aromatic rings. The van der Waals surface area contributed by atoms with Crippen molar-refractivity contribution < 1.29 is 9.90 Å². The molecule has 5 nitrogen and oxygen atoms in total. The van der Waals surface area contributed by atoms with Crippen LogP contribution in [-0.4, -0.2) is 27.5 Å². The molecule has 0 saturated carbocycles. The van der Waals surface area contributed by atoms with Gasteiger partial charge in [0.15, 0.2) is 0 Å². The maximum Gasteiger partial charge on any atom is 0.255 e. The van der Waals surface area contributed by atoms with Crippen LogP contribution in [-0.2, 0) is 6.42 Å². The van der Waals surface area contributed by atoms with Gasteiger partial charge in [-0.3, -0.25) is 9.78 Å². The predicted octanol–water partition coefficient (Wildman–Crippen LogP) is 1.52. The molecule has 1 amide bonds. The average Bonchev–Trinajstić information content (AvgIpc) is 2.75. The monoisotopic (exact) mass is 263 g/mol. The normalized spacial score (nSPS) is 10.3. The molecule has 2 N–H and O–H groups in total. The van der Waals surface area contributed by atoms with E-state index in [2.05, 4.69) is 15.3 Å². The first-order chi connectivity index (χ1) is 8.66. The van der Waals surface area contributed by atoms with Crippen molar-refractivity contribution in [2.75, 3.05) is 6.54 Å². The Bertz CT molecular complexity index is 554. The molecule has 0 bridgehead atoms. The zero-order valence-corrected chi connectivity index (χ0v) is 10.7. The van der Waals surface area contributed by atoms with E-state index in [0.717, 1.165) is 10.7 Å². The van der Waals surface area contributed by atoms with E-state index in [-0.39, 0.29) is 17.2 Å². The smallest absolute Gasteiger partial charge is 0.255 e. The number of thiazole rings is 1. The van der Waals surface area contributed by atoms with Gasteiger partial charge in [-0.15, -0.1) is 11.3 Å². The summed E-state index contributed by atoms with van der Waals surface area (Å²) in [5.74, 6) is -0.415. The minimum Gasteiger partial charge on any atom is -0.505 e. The summed E-state index contributed by atoms with van der Waals surface area (Å²) >= 11 is 1.59. The van der Waals surface area contributed by atoms with Crippen molar-refractivity contribution in [2.24, 2.45) is 0 Å². The van der Waals surface area contributed by atoms with Gasteiger partial charge < -0.3 is 10.4 Å². The largest absolute Gasteiger partial charge is 0.505 e. The molecular formula is C12H13N3O2S. The lowest BCUT2D eigenvalue weighted by molar-refractivity contribution is 0.0951. The molecule has 2 aromatic heterocycles. The Hall–Kier alpha value is -1.95. The van der Waals surface area contributed by atoms with Gasteiger partial charge in [-0.1, -0.05) is 0 Å². The minimum absolute atomic E-state index is 0.112. The van der Waals surface area contributed by atoms with Crippen LogP contribution in [0.4, 0.5) is 0 Å². The number of pyridine rings is 1. The number of aromatic hydroxyl groups is 1. The molecule has 0 spiro atoms. The van der Waals surface area contributed by atoms with E-state index in [4.69, 9.17) is 0 Å². The van der Waals surface area contributed by atoms with Crippen molar-refractivity contribution in [2.45, 2.75) is 13.3 Å². The van der Waals surface area contributed by atoms with Gasteiger partial charge in [0.25, 0.3) is 5.91 Å². The lowest BCUT2D eigenvalue weighted by atomic mass is 10.2. The number of nitrogens with zero attached hydrogens (tertiary/aromatic N) is 2. The quantitative estimate of drug-likeness (QED) is 0.877. The number of amides is 1. The second kappa shape index (κ2) is 5.59. The minimum atomic E-state index is -0.304. The van der Waals surface area contributed by atoms with Gasteiger partial charge in [-0.2, -0.15) is 0 Å². The highest BCUT2D eigenvalue weighted by Crippen LogP contribution is 2.13. The van der Waals surface area contributed by atoms with Crippen molar-refractivity contribution in [3.05, 3.63) is 40.1 Å².